The standard InChI is InChI=1S/C13H17NO6S/c1-14(20-21(16)17)11-5-10(13(15)18-2)6-12(7-11)19-8-9-3-4-9/h5-7,9H,3-4,8H2,1-2H3,(H,16,17). The maximum Gasteiger partial charge on any atom is 0.338 e. The number of benzene rings is 1. The van der Waals surface area contributed by atoms with Gasteiger partial charge in [-0.15, -0.1) is 4.28 Å². The summed E-state index contributed by atoms with van der Waals surface area (Å²) in [7, 11) is 2.73. The summed E-state index contributed by atoms with van der Waals surface area (Å²) >= 11 is -2.45. The Labute approximate surface area is 125 Å². The van der Waals surface area contributed by atoms with Gasteiger partial charge in [0.05, 0.1) is 25.0 Å². The number of rotatable bonds is 7. The van der Waals surface area contributed by atoms with E-state index in [1.54, 1.807) is 12.1 Å². The number of carbonyl (C=O) groups is 1. The second-order valence-electron chi connectivity index (χ2n) is 4.75. The fraction of sp³-hybridized carbons (Fsp3) is 0.462. The highest BCUT2D eigenvalue weighted by Gasteiger charge is 2.22. The number of hydrogen-bond acceptors (Lipinski definition) is 6. The highest BCUT2D eigenvalue weighted by atomic mass is 32.2. The van der Waals surface area contributed by atoms with Crippen molar-refractivity contribution in [1.29, 1.82) is 0 Å². The zero-order valence-electron chi connectivity index (χ0n) is 11.8. The van der Waals surface area contributed by atoms with Gasteiger partial charge in [-0.05, 0) is 30.9 Å². The summed E-state index contributed by atoms with van der Waals surface area (Å²) in [4.78, 5) is 11.7. The molecule has 0 bridgehead atoms. The first-order valence-electron chi connectivity index (χ1n) is 6.39. The first-order valence-corrected chi connectivity index (χ1v) is 7.42. The van der Waals surface area contributed by atoms with E-state index in [0.29, 0.717) is 24.0 Å². The molecule has 1 unspecified atom stereocenters. The number of ether oxygens (including phenoxy) is 2. The number of carbonyl (C=O) groups excluding carboxylic acids is 1. The largest absolute Gasteiger partial charge is 0.493 e. The molecule has 1 aromatic carbocycles. The second-order valence-corrected chi connectivity index (χ2v) is 5.33. The molecule has 7 nitrogen and oxygen atoms in total. The van der Waals surface area contributed by atoms with Crippen LogP contribution in [0.3, 0.4) is 0 Å². The van der Waals surface area contributed by atoms with Crippen molar-refractivity contribution in [2.24, 2.45) is 5.92 Å². The van der Waals surface area contributed by atoms with Gasteiger partial charge in [0.1, 0.15) is 5.75 Å². The fourth-order valence-electron chi connectivity index (χ4n) is 1.72. The Kier molecular flexibility index (Phi) is 5.16. The second kappa shape index (κ2) is 6.88. The molecule has 0 aromatic heterocycles. The molecule has 21 heavy (non-hydrogen) atoms. The van der Waals surface area contributed by atoms with Crippen LogP contribution in [0.4, 0.5) is 5.69 Å². The Hall–Kier alpha value is -1.64. The third-order valence-electron chi connectivity index (χ3n) is 3.03. The van der Waals surface area contributed by atoms with Crippen molar-refractivity contribution in [1.82, 2.24) is 0 Å². The summed E-state index contributed by atoms with van der Waals surface area (Å²) in [5, 5.41) is 1.09. The van der Waals surface area contributed by atoms with E-state index in [4.69, 9.17) is 9.29 Å². The van der Waals surface area contributed by atoms with Crippen molar-refractivity contribution in [2.45, 2.75) is 12.8 Å². The van der Waals surface area contributed by atoms with Gasteiger partial charge in [-0.2, -0.15) is 4.21 Å². The van der Waals surface area contributed by atoms with Crippen LogP contribution < -0.4 is 9.80 Å². The van der Waals surface area contributed by atoms with Gasteiger partial charge >= 0.3 is 17.3 Å². The molecule has 0 radical (unpaired) electrons. The van der Waals surface area contributed by atoms with E-state index in [1.165, 1.54) is 20.2 Å². The van der Waals surface area contributed by atoms with E-state index >= 15 is 0 Å². The lowest BCUT2D eigenvalue weighted by atomic mass is 10.2. The number of hydrogen-bond donors (Lipinski definition) is 1. The molecule has 116 valence electrons. The van der Waals surface area contributed by atoms with Crippen LogP contribution in [0.1, 0.15) is 23.2 Å². The monoisotopic (exact) mass is 315 g/mol. The average Bonchev–Trinajstić information content (AvgIpc) is 3.27. The Balaban J connectivity index is 2.21. The van der Waals surface area contributed by atoms with Crippen LogP contribution >= 0.6 is 0 Å². The SMILES string of the molecule is COC(=O)c1cc(OCC2CC2)cc(N(C)OS(=O)O)c1. The summed E-state index contributed by atoms with van der Waals surface area (Å²) in [5.74, 6) is 0.528. The van der Waals surface area contributed by atoms with E-state index in [0.717, 1.165) is 17.9 Å². The van der Waals surface area contributed by atoms with Crippen molar-refractivity contribution >= 4 is 23.0 Å². The van der Waals surface area contributed by atoms with E-state index in [1.807, 2.05) is 0 Å². The Morgan fingerprint density at radius 3 is 2.71 bits per heavy atom. The summed E-state index contributed by atoms with van der Waals surface area (Å²) in [6.45, 7) is 0.584. The van der Waals surface area contributed by atoms with E-state index < -0.39 is 17.3 Å². The van der Waals surface area contributed by atoms with Gasteiger partial charge in [-0.1, -0.05) is 0 Å². The Morgan fingerprint density at radius 1 is 1.43 bits per heavy atom. The van der Waals surface area contributed by atoms with Crippen LogP contribution in [0.5, 0.6) is 5.75 Å². The highest BCUT2D eigenvalue weighted by Crippen LogP contribution is 2.31. The van der Waals surface area contributed by atoms with Crippen LogP contribution in [0.2, 0.25) is 0 Å². The number of esters is 1. The molecule has 0 amide bonds. The van der Waals surface area contributed by atoms with Gasteiger partial charge < -0.3 is 9.47 Å². The Morgan fingerprint density at radius 2 is 2.14 bits per heavy atom. The number of methoxy groups -OCH3 is 1. The van der Waals surface area contributed by atoms with Gasteiger partial charge in [-0.25, -0.2) is 9.86 Å². The van der Waals surface area contributed by atoms with Gasteiger partial charge in [0.2, 0.25) is 0 Å². The molecule has 0 spiro atoms. The van der Waals surface area contributed by atoms with E-state index in [2.05, 4.69) is 9.02 Å². The minimum absolute atomic E-state index is 0.278. The molecule has 0 saturated heterocycles. The molecule has 1 N–H and O–H groups in total. The van der Waals surface area contributed by atoms with Crippen LogP contribution in [0.15, 0.2) is 18.2 Å². The molecule has 2 rings (SSSR count). The molecule has 8 heteroatoms. The zero-order valence-corrected chi connectivity index (χ0v) is 12.6. The smallest absolute Gasteiger partial charge is 0.338 e. The molecule has 1 fully saturated rings. The van der Waals surface area contributed by atoms with Crippen LogP contribution in [-0.2, 0) is 20.4 Å². The topological polar surface area (TPSA) is 85.3 Å². The molecule has 1 atom stereocenters. The molecule has 1 aromatic rings. The van der Waals surface area contributed by atoms with Crippen LogP contribution in [0.25, 0.3) is 0 Å². The van der Waals surface area contributed by atoms with Crippen molar-refractivity contribution < 1.29 is 27.3 Å². The van der Waals surface area contributed by atoms with Gasteiger partial charge in [0.15, 0.2) is 0 Å². The maximum absolute atomic E-state index is 11.7. The average molecular weight is 315 g/mol. The highest BCUT2D eigenvalue weighted by molar-refractivity contribution is 7.74. The van der Waals surface area contributed by atoms with Gasteiger partial charge in [-0.3, -0.25) is 4.55 Å². The van der Waals surface area contributed by atoms with Crippen LogP contribution in [0, 0.1) is 5.92 Å². The zero-order chi connectivity index (χ0) is 15.4. The lowest BCUT2D eigenvalue weighted by Crippen LogP contribution is -2.19. The lowest BCUT2D eigenvalue weighted by molar-refractivity contribution is 0.0600. The fourth-order valence-corrected chi connectivity index (χ4v) is 2.00. The van der Waals surface area contributed by atoms with Crippen molar-refractivity contribution in [2.75, 3.05) is 25.8 Å². The molecule has 1 saturated carbocycles. The summed E-state index contributed by atoms with van der Waals surface area (Å²) in [5.41, 5.74) is 0.686. The molecular formula is C13H17NO6S. The molecule has 0 aliphatic heterocycles. The first kappa shape index (κ1) is 15.7. The summed E-state index contributed by atoms with van der Waals surface area (Å²) in [6.07, 6.45) is 2.30. The number of hydroxylamine groups is 1. The van der Waals surface area contributed by atoms with Crippen molar-refractivity contribution in [3.8, 4) is 5.75 Å². The quantitative estimate of drug-likeness (QED) is 0.466. The van der Waals surface area contributed by atoms with Crippen LogP contribution in [-0.4, -0.2) is 35.5 Å². The summed E-state index contributed by atoms with van der Waals surface area (Å²) in [6, 6.07) is 4.69. The van der Waals surface area contributed by atoms with Gasteiger partial charge in [0.25, 0.3) is 0 Å². The maximum atomic E-state index is 11.7. The van der Waals surface area contributed by atoms with Crippen molar-refractivity contribution in [3.63, 3.8) is 0 Å². The summed E-state index contributed by atoms with van der Waals surface area (Å²) < 4.78 is 34.4. The molecule has 0 heterocycles. The minimum Gasteiger partial charge on any atom is -0.493 e. The third kappa shape index (κ3) is 4.69. The molecular weight excluding hydrogens is 298 g/mol. The molecule has 1 aliphatic carbocycles. The van der Waals surface area contributed by atoms with Gasteiger partial charge in [0, 0.05) is 13.1 Å². The predicted octanol–water partition coefficient (Wildman–Crippen LogP) is 1.77. The predicted molar refractivity (Wildman–Crippen MR) is 76.3 cm³/mol. The lowest BCUT2D eigenvalue weighted by Gasteiger charge is -2.17. The Bertz CT molecular complexity index is 545. The molecule has 1 aliphatic rings. The first-order chi connectivity index (χ1) is 9.99. The van der Waals surface area contributed by atoms with E-state index in [9.17, 15) is 9.00 Å². The van der Waals surface area contributed by atoms with E-state index in [-0.39, 0.29) is 5.56 Å². The number of nitrogens with zero attached hydrogens (tertiary/aromatic N) is 1. The van der Waals surface area contributed by atoms with Crippen molar-refractivity contribution in [3.05, 3.63) is 23.8 Å². The normalized spacial score (nSPS) is 15.4. The minimum atomic E-state index is -2.45. The third-order valence-corrected chi connectivity index (χ3v) is 3.39. The number of anilines is 1.